The minimum atomic E-state index is -1.11. The van der Waals surface area contributed by atoms with E-state index >= 15 is 0 Å². The van der Waals surface area contributed by atoms with Gasteiger partial charge in [0.1, 0.15) is 17.3 Å². The van der Waals surface area contributed by atoms with Gasteiger partial charge < -0.3 is 10.3 Å². The Hall–Kier alpha value is -4.14. The maximum absolute atomic E-state index is 14.2. The van der Waals surface area contributed by atoms with Gasteiger partial charge in [0, 0.05) is 40.9 Å². The second-order valence-corrected chi connectivity index (χ2v) is 6.63. The van der Waals surface area contributed by atoms with Gasteiger partial charge in [0.05, 0.1) is 16.6 Å². The number of rotatable bonds is 3. The molecule has 0 amide bonds. The molecule has 30 heavy (non-hydrogen) atoms. The number of nitrogens with zero attached hydrogens (tertiary/aromatic N) is 2. The van der Waals surface area contributed by atoms with Gasteiger partial charge in [-0.3, -0.25) is 9.89 Å². The van der Waals surface area contributed by atoms with Crippen molar-refractivity contribution in [3.8, 4) is 11.3 Å². The molecule has 3 N–H and O–H groups in total. The van der Waals surface area contributed by atoms with Crippen LogP contribution in [0.2, 0.25) is 0 Å². The number of nitrogens with one attached hydrogen (secondary N) is 3. The molecule has 0 saturated heterocycles. The number of hydrogen-bond donors (Lipinski definition) is 3. The first-order valence-corrected chi connectivity index (χ1v) is 8.88. The lowest BCUT2D eigenvalue weighted by Gasteiger charge is -2.13. The molecule has 0 bridgehead atoms. The highest BCUT2D eigenvalue weighted by Gasteiger charge is 2.17. The van der Waals surface area contributed by atoms with Gasteiger partial charge in [-0.15, -0.1) is 0 Å². The summed E-state index contributed by atoms with van der Waals surface area (Å²) in [5.74, 6) is -3.18. The monoisotopic (exact) mass is 407 g/mol. The molecule has 5 rings (SSSR count). The van der Waals surface area contributed by atoms with Crippen LogP contribution in [0, 0.1) is 17.5 Å². The van der Waals surface area contributed by atoms with E-state index in [1.54, 1.807) is 36.5 Å². The van der Waals surface area contributed by atoms with Crippen molar-refractivity contribution >= 4 is 33.2 Å². The van der Waals surface area contributed by atoms with E-state index in [1.165, 1.54) is 6.20 Å². The summed E-state index contributed by atoms with van der Waals surface area (Å²) >= 11 is 0. The third-order valence-corrected chi connectivity index (χ3v) is 4.78. The second kappa shape index (κ2) is 6.73. The van der Waals surface area contributed by atoms with Crippen molar-refractivity contribution in [2.24, 2.45) is 0 Å². The summed E-state index contributed by atoms with van der Waals surface area (Å²) in [5, 5.41) is 10.6. The summed E-state index contributed by atoms with van der Waals surface area (Å²) in [6.45, 7) is 0. The predicted octanol–water partition coefficient (Wildman–Crippen LogP) is 4.63. The van der Waals surface area contributed by atoms with Gasteiger partial charge in [-0.2, -0.15) is 5.10 Å². The molecule has 3 heterocycles. The smallest absolute Gasteiger partial charge is 0.256 e. The number of aromatic nitrogens is 4. The molecule has 0 fully saturated rings. The van der Waals surface area contributed by atoms with Crippen molar-refractivity contribution in [3.05, 3.63) is 82.7 Å². The van der Waals surface area contributed by atoms with Crippen LogP contribution in [0.4, 0.5) is 24.7 Å². The topological polar surface area (TPSA) is 86.5 Å². The SMILES string of the molecule is O=c1[nH]ccc2c(Nc3c(F)cc(F)cc3F)nc3ccc(-c4ccn[nH]4)cc3c12. The fraction of sp³-hybridized carbons (Fsp3) is 0. The highest BCUT2D eigenvalue weighted by molar-refractivity contribution is 6.11. The molecule has 0 aliphatic rings. The molecule has 9 heteroatoms. The normalized spacial score (nSPS) is 11.3. The Morgan fingerprint density at radius 3 is 2.47 bits per heavy atom. The van der Waals surface area contributed by atoms with E-state index in [1.807, 2.05) is 0 Å². The van der Waals surface area contributed by atoms with Gasteiger partial charge in [0.25, 0.3) is 5.56 Å². The Balaban J connectivity index is 1.77. The second-order valence-electron chi connectivity index (χ2n) is 6.63. The number of H-pyrrole nitrogens is 2. The first kappa shape index (κ1) is 17.9. The summed E-state index contributed by atoms with van der Waals surface area (Å²) in [6.07, 6.45) is 3.03. The predicted molar refractivity (Wildman–Crippen MR) is 107 cm³/mol. The van der Waals surface area contributed by atoms with E-state index < -0.39 is 23.1 Å². The summed E-state index contributed by atoms with van der Waals surface area (Å²) < 4.78 is 41.5. The third kappa shape index (κ3) is 2.87. The lowest BCUT2D eigenvalue weighted by Crippen LogP contribution is -2.08. The average molecular weight is 407 g/mol. The number of benzene rings is 2. The lowest BCUT2D eigenvalue weighted by molar-refractivity contribution is 0.549. The van der Waals surface area contributed by atoms with Crippen molar-refractivity contribution in [3.63, 3.8) is 0 Å². The van der Waals surface area contributed by atoms with E-state index in [0.29, 0.717) is 33.8 Å². The number of halogens is 3. The van der Waals surface area contributed by atoms with Crippen LogP contribution in [0.25, 0.3) is 32.9 Å². The molecular formula is C21H12F3N5O. The maximum atomic E-state index is 14.2. The number of hydrogen-bond acceptors (Lipinski definition) is 4. The Bertz CT molecular complexity index is 1460. The van der Waals surface area contributed by atoms with Crippen LogP contribution >= 0.6 is 0 Å². The van der Waals surface area contributed by atoms with Crippen LogP contribution in [0.5, 0.6) is 0 Å². The quantitative estimate of drug-likeness (QED) is 0.381. The molecule has 2 aromatic carbocycles. The van der Waals surface area contributed by atoms with E-state index in [-0.39, 0.29) is 11.4 Å². The molecular weight excluding hydrogens is 395 g/mol. The van der Waals surface area contributed by atoms with Crippen molar-refractivity contribution in [1.29, 1.82) is 0 Å². The Kier molecular flexibility index (Phi) is 4.02. The van der Waals surface area contributed by atoms with Crippen molar-refractivity contribution in [2.45, 2.75) is 0 Å². The minimum Gasteiger partial charge on any atom is -0.335 e. The fourth-order valence-electron chi connectivity index (χ4n) is 3.42. The Morgan fingerprint density at radius 1 is 0.933 bits per heavy atom. The standard InChI is InChI=1S/C21H12F3N5O/c22-11-8-14(23)19(15(24)9-11)28-20-12-3-5-25-21(30)18(12)13-7-10(1-2-17(13)27-20)16-4-6-26-29-16/h1-9H,(H,25,30)(H,26,29)(H,27,28). The van der Waals surface area contributed by atoms with Gasteiger partial charge in [-0.05, 0) is 24.3 Å². The summed E-state index contributed by atoms with van der Waals surface area (Å²) in [4.78, 5) is 19.7. The minimum absolute atomic E-state index is 0.0716. The number of aromatic amines is 2. The largest absolute Gasteiger partial charge is 0.335 e. The van der Waals surface area contributed by atoms with Crippen LogP contribution in [0.3, 0.4) is 0 Å². The lowest BCUT2D eigenvalue weighted by atomic mass is 10.0. The van der Waals surface area contributed by atoms with Crippen LogP contribution < -0.4 is 10.9 Å². The third-order valence-electron chi connectivity index (χ3n) is 4.78. The van der Waals surface area contributed by atoms with Gasteiger partial charge in [-0.1, -0.05) is 6.07 Å². The molecule has 3 aromatic heterocycles. The molecule has 0 aliphatic heterocycles. The van der Waals surface area contributed by atoms with E-state index in [0.717, 1.165) is 11.3 Å². The molecule has 0 saturated carbocycles. The van der Waals surface area contributed by atoms with Gasteiger partial charge in [0.2, 0.25) is 0 Å². The highest BCUT2D eigenvalue weighted by Crippen LogP contribution is 2.32. The Morgan fingerprint density at radius 2 is 1.73 bits per heavy atom. The van der Waals surface area contributed by atoms with E-state index in [2.05, 4.69) is 25.5 Å². The molecule has 0 unspecified atom stereocenters. The first-order chi connectivity index (χ1) is 14.5. The van der Waals surface area contributed by atoms with Crippen molar-refractivity contribution in [2.75, 3.05) is 5.32 Å². The molecule has 6 nitrogen and oxygen atoms in total. The summed E-state index contributed by atoms with van der Waals surface area (Å²) in [6, 6.07) is 9.77. The molecule has 148 valence electrons. The molecule has 0 spiro atoms. The highest BCUT2D eigenvalue weighted by atomic mass is 19.1. The number of anilines is 2. The fourth-order valence-corrected chi connectivity index (χ4v) is 3.42. The van der Waals surface area contributed by atoms with Crippen molar-refractivity contribution < 1.29 is 13.2 Å². The zero-order valence-electron chi connectivity index (χ0n) is 15.1. The molecule has 0 aliphatic carbocycles. The van der Waals surface area contributed by atoms with Crippen molar-refractivity contribution in [1.82, 2.24) is 20.2 Å². The van der Waals surface area contributed by atoms with Crippen LogP contribution in [-0.2, 0) is 0 Å². The zero-order chi connectivity index (χ0) is 20.8. The van der Waals surface area contributed by atoms with E-state index in [4.69, 9.17) is 0 Å². The average Bonchev–Trinajstić information content (AvgIpc) is 3.25. The summed E-state index contributed by atoms with van der Waals surface area (Å²) in [7, 11) is 0. The maximum Gasteiger partial charge on any atom is 0.256 e. The first-order valence-electron chi connectivity index (χ1n) is 8.88. The van der Waals surface area contributed by atoms with Crippen LogP contribution in [0.15, 0.2) is 59.7 Å². The van der Waals surface area contributed by atoms with Gasteiger partial charge >= 0.3 is 0 Å². The number of fused-ring (bicyclic) bond motifs is 3. The van der Waals surface area contributed by atoms with Gasteiger partial charge in [-0.25, -0.2) is 18.2 Å². The summed E-state index contributed by atoms with van der Waals surface area (Å²) in [5.41, 5.74) is 1.05. The molecule has 0 atom stereocenters. The van der Waals surface area contributed by atoms with Crippen LogP contribution in [-0.4, -0.2) is 20.2 Å². The Labute approximate surface area is 166 Å². The molecule has 5 aromatic rings. The molecule has 0 radical (unpaired) electrons. The van der Waals surface area contributed by atoms with Gasteiger partial charge in [0.15, 0.2) is 11.6 Å². The van der Waals surface area contributed by atoms with Crippen LogP contribution in [0.1, 0.15) is 0 Å². The van der Waals surface area contributed by atoms with E-state index in [9.17, 15) is 18.0 Å². The zero-order valence-corrected chi connectivity index (χ0v) is 15.1. The number of pyridine rings is 2.